The maximum atomic E-state index is 13.0. The highest BCUT2D eigenvalue weighted by molar-refractivity contribution is 5.98. The molecule has 0 amide bonds. The lowest BCUT2D eigenvalue weighted by Crippen LogP contribution is -2.57. The molecule has 2 aliphatic heterocycles. The molecular weight excluding hydrogens is 312 g/mol. The Kier molecular flexibility index (Phi) is 4.64. The van der Waals surface area contributed by atoms with E-state index in [-0.39, 0.29) is 11.7 Å². The molecule has 1 aromatic heterocycles. The van der Waals surface area contributed by atoms with Crippen LogP contribution in [0.4, 0.5) is 0 Å². The van der Waals surface area contributed by atoms with E-state index in [9.17, 15) is 4.79 Å². The molecule has 3 heterocycles. The monoisotopic (exact) mass is 336 g/mol. The Morgan fingerprint density at radius 3 is 2.52 bits per heavy atom. The maximum absolute atomic E-state index is 13.0. The summed E-state index contributed by atoms with van der Waals surface area (Å²) in [4.78, 5) is 19.8. The SMILES string of the molecule is Cc1ncccc1C(=O)C1CC2COCC(C1)N2Cc1ccccc1. The van der Waals surface area contributed by atoms with Crippen LogP contribution in [0.5, 0.6) is 0 Å². The van der Waals surface area contributed by atoms with Gasteiger partial charge in [-0.25, -0.2) is 0 Å². The number of rotatable bonds is 4. The van der Waals surface area contributed by atoms with Gasteiger partial charge >= 0.3 is 0 Å². The zero-order valence-corrected chi connectivity index (χ0v) is 14.6. The van der Waals surface area contributed by atoms with Gasteiger partial charge in [0.1, 0.15) is 0 Å². The van der Waals surface area contributed by atoms with Crippen molar-refractivity contribution >= 4 is 5.78 Å². The number of pyridine rings is 1. The van der Waals surface area contributed by atoms with Crippen LogP contribution in [-0.4, -0.2) is 41.0 Å². The van der Waals surface area contributed by atoms with Gasteiger partial charge in [-0.1, -0.05) is 30.3 Å². The number of hydrogen-bond donors (Lipinski definition) is 0. The van der Waals surface area contributed by atoms with Gasteiger partial charge in [0.25, 0.3) is 0 Å². The maximum Gasteiger partial charge on any atom is 0.167 e. The molecule has 0 aliphatic carbocycles. The van der Waals surface area contributed by atoms with Crippen LogP contribution in [0.15, 0.2) is 48.7 Å². The average molecular weight is 336 g/mol. The predicted octanol–water partition coefficient (Wildman–Crippen LogP) is 3.25. The summed E-state index contributed by atoms with van der Waals surface area (Å²) in [5, 5.41) is 0. The van der Waals surface area contributed by atoms with Gasteiger partial charge in [0.05, 0.1) is 13.2 Å². The lowest BCUT2D eigenvalue weighted by atomic mass is 9.80. The van der Waals surface area contributed by atoms with E-state index in [4.69, 9.17) is 4.74 Å². The second kappa shape index (κ2) is 7.06. The minimum absolute atomic E-state index is 0.0776. The molecule has 130 valence electrons. The first kappa shape index (κ1) is 16.4. The summed E-state index contributed by atoms with van der Waals surface area (Å²) in [5.74, 6) is 0.329. The molecule has 2 aliphatic rings. The molecule has 4 nitrogen and oxygen atoms in total. The number of fused-ring (bicyclic) bond motifs is 2. The normalized spacial score (nSPS) is 26.4. The molecule has 2 atom stereocenters. The zero-order valence-electron chi connectivity index (χ0n) is 14.6. The lowest BCUT2D eigenvalue weighted by Gasteiger charge is -2.48. The average Bonchev–Trinajstić information content (AvgIpc) is 2.62. The number of aromatic nitrogens is 1. The Morgan fingerprint density at radius 1 is 1.12 bits per heavy atom. The number of ketones is 1. The van der Waals surface area contributed by atoms with Crippen LogP contribution < -0.4 is 0 Å². The van der Waals surface area contributed by atoms with E-state index in [1.807, 2.05) is 19.1 Å². The number of carbonyl (C=O) groups excluding carboxylic acids is 1. The number of nitrogens with zero attached hydrogens (tertiary/aromatic N) is 2. The van der Waals surface area contributed by atoms with E-state index in [1.165, 1.54) is 5.56 Å². The fourth-order valence-electron chi connectivity index (χ4n) is 4.22. The van der Waals surface area contributed by atoms with Crippen molar-refractivity contribution in [2.24, 2.45) is 5.92 Å². The Labute approximate surface area is 148 Å². The molecule has 0 radical (unpaired) electrons. The van der Waals surface area contributed by atoms with Crippen molar-refractivity contribution in [3.05, 3.63) is 65.5 Å². The highest BCUT2D eigenvalue weighted by Crippen LogP contribution is 2.34. The second-order valence-electron chi connectivity index (χ2n) is 7.17. The largest absolute Gasteiger partial charge is 0.378 e. The third-order valence-corrected chi connectivity index (χ3v) is 5.52. The Morgan fingerprint density at radius 2 is 1.84 bits per heavy atom. The molecule has 2 fully saturated rings. The van der Waals surface area contributed by atoms with Crippen LogP contribution in [0.1, 0.15) is 34.5 Å². The van der Waals surface area contributed by atoms with Crippen LogP contribution in [0.25, 0.3) is 0 Å². The second-order valence-corrected chi connectivity index (χ2v) is 7.17. The topological polar surface area (TPSA) is 42.4 Å². The molecule has 1 aromatic carbocycles. The third kappa shape index (κ3) is 3.37. The summed E-state index contributed by atoms with van der Waals surface area (Å²) in [6, 6.07) is 15.0. The van der Waals surface area contributed by atoms with E-state index >= 15 is 0 Å². The summed E-state index contributed by atoms with van der Waals surface area (Å²) in [6.07, 6.45) is 3.49. The highest BCUT2D eigenvalue weighted by atomic mass is 16.5. The van der Waals surface area contributed by atoms with Crippen molar-refractivity contribution in [1.82, 2.24) is 9.88 Å². The van der Waals surface area contributed by atoms with E-state index < -0.39 is 0 Å². The summed E-state index contributed by atoms with van der Waals surface area (Å²) >= 11 is 0. The Bertz CT molecular complexity index is 733. The number of benzene rings is 1. The summed E-state index contributed by atoms with van der Waals surface area (Å²) < 4.78 is 5.80. The number of piperidine rings is 1. The summed E-state index contributed by atoms with van der Waals surface area (Å²) in [7, 11) is 0. The van der Waals surface area contributed by atoms with E-state index in [0.717, 1.165) is 43.9 Å². The molecule has 2 bridgehead atoms. The fourth-order valence-corrected chi connectivity index (χ4v) is 4.22. The van der Waals surface area contributed by atoms with Gasteiger partial charge in [-0.3, -0.25) is 14.7 Å². The number of hydrogen-bond acceptors (Lipinski definition) is 4. The minimum atomic E-state index is 0.0776. The number of carbonyl (C=O) groups is 1. The van der Waals surface area contributed by atoms with E-state index in [1.54, 1.807) is 6.20 Å². The van der Waals surface area contributed by atoms with Crippen molar-refractivity contribution in [3.63, 3.8) is 0 Å². The molecule has 2 saturated heterocycles. The Hall–Kier alpha value is -2.04. The van der Waals surface area contributed by atoms with Gasteiger partial charge in [0, 0.05) is 42.0 Å². The number of morpholine rings is 1. The Balaban J connectivity index is 1.51. The van der Waals surface area contributed by atoms with Crippen LogP contribution in [0.2, 0.25) is 0 Å². The summed E-state index contributed by atoms with van der Waals surface area (Å²) in [6.45, 7) is 4.30. The fraction of sp³-hybridized carbons (Fsp3) is 0.429. The van der Waals surface area contributed by atoms with Crippen LogP contribution in [0.3, 0.4) is 0 Å². The van der Waals surface area contributed by atoms with Crippen LogP contribution in [0, 0.1) is 12.8 Å². The first-order chi connectivity index (χ1) is 12.2. The number of ether oxygens (including phenoxy) is 1. The molecule has 4 rings (SSSR count). The minimum Gasteiger partial charge on any atom is -0.378 e. The van der Waals surface area contributed by atoms with Crippen LogP contribution in [-0.2, 0) is 11.3 Å². The van der Waals surface area contributed by atoms with Crippen molar-refractivity contribution < 1.29 is 9.53 Å². The van der Waals surface area contributed by atoms with Crippen molar-refractivity contribution in [1.29, 1.82) is 0 Å². The molecule has 2 unspecified atom stereocenters. The van der Waals surface area contributed by atoms with Gasteiger partial charge in [0.2, 0.25) is 0 Å². The molecule has 0 saturated carbocycles. The first-order valence-electron chi connectivity index (χ1n) is 9.05. The molecule has 2 aromatic rings. The molecule has 4 heteroatoms. The third-order valence-electron chi connectivity index (χ3n) is 5.52. The molecular formula is C21H24N2O2. The highest BCUT2D eigenvalue weighted by Gasteiger charge is 2.41. The number of Topliss-reactive ketones (excluding diaryl/α,β-unsaturated/α-hetero) is 1. The van der Waals surface area contributed by atoms with Crippen molar-refractivity contribution in [3.8, 4) is 0 Å². The van der Waals surface area contributed by atoms with Gasteiger partial charge in [-0.2, -0.15) is 0 Å². The van der Waals surface area contributed by atoms with Crippen molar-refractivity contribution in [2.75, 3.05) is 13.2 Å². The standard InChI is InChI=1S/C21H24N2O2/c1-15-20(8-5-9-22-15)21(24)17-10-18-13-25-14-19(11-17)23(18)12-16-6-3-2-4-7-16/h2-9,17-19H,10-14H2,1H3. The smallest absolute Gasteiger partial charge is 0.167 e. The van der Waals surface area contributed by atoms with E-state index in [0.29, 0.717) is 12.1 Å². The first-order valence-corrected chi connectivity index (χ1v) is 9.05. The summed E-state index contributed by atoms with van der Waals surface area (Å²) in [5.41, 5.74) is 2.94. The number of aryl methyl sites for hydroxylation is 1. The molecule has 0 N–H and O–H groups in total. The van der Waals surface area contributed by atoms with Gasteiger partial charge < -0.3 is 4.74 Å². The van der Waals surface area contributed by atoms with Gasteiger partial charge in [-0.15, -0.1) is 0 Å². The van der Waals surface area contributed by atoms with Gasteiger partial charge in [0.15, 0.2) is 5.78 Å². The van der Waals surface area contributed by atoms with Gasteiger partial charge in [-0.05, 0) is 37.5 Å². The zero-order chi connectivity index (χ0) is 17.2. The van der Waals surface area contributed by atoms with Crippen LogP contribution >= 0.6 is 0 Å². The lowest BCUT2D eigenvalue weighted by molar-refractivity contribution is -0.0872. The van der Waals surface area contributed by atoms with Crippen molar-refractivity contribution in [2.45, 2.75) is 38.4 Å². The predicted molar refractivity (Wildman–Crippen MR) is 96.4 cm³/mol. The molecule has 0 spiro atoms. The van der Waals surface area contributed by atoms with E-state index in [2.05, 4.69) is 40.2 Å². The molecule has 25 heavy (non-hydrogen) atoms. The quantitative estimate of drug-likeness (QED) is 0.804.